The molecule has 4 heteroatoms. The lowest BCUT2D eigenvalue weighted by Gasteiger charge is -2.19. The number of hydrogen-bond donors (Lipinski definition) is 2. The molecule has 1 aliphatic carbocycles. The molecule has 0 heterocycles. The molecule has 1 amide bonds. The Balaban J connectivity index is 2.03. The summed E-state index contributed by atoms with van der Waals surface area (Å²) in [6.45, 7) is 2.90. The van der Waals surface area contributed by atoms with Crippen molar-refractivity contribution in [3.63, 3.8) is 0 Å². The van der Waals surface area contributed by atoms with Crippen LogP contribution in [0, 0.1) is 5.41 Å². The molecule has 2 rings (SSSR count). The van der Waals surface area contributed by atoms with E-state index in [2.05, 4.69) is 12.2 Å². The van der Waals surface area contributed by atoms with Crippen LogP contribution in [-0.2, 0) is 4.79 Å². The van der Waals surface area contributed by atoms with Crippen LogP contribution >= 0.6 is 12.2 Å². The molecule has 3 N–H and O–H groups in total. The zero-order chi connectivity index (χ0) is 13.9. The average molecular weight is 276 g/mol. The first-order valence-corrected chi connectivity index (χ1v) is 7.11. The Morgan fingerprint density at radius 3 is 2.53 bits per heavy atom. The van der Waals surface area contributed by atoms with E-state index in [4.69, 9.17) is 18.0 Å². The molecule has 3 nitrogen and oxygen atoms in total. The highest BCUT2D eigenvalue weighted by molar-refractivity contribution is 7.80. The van der Waals surface area contributed by atoms with Crippen molar-refractivity contribution in [3.05, 3.63) is 35.9 Å². The molecule has 1 fully saturated rings. The fourth-order valence-electron chi connectivity index (χ4n) is 2.30. The molecular weight excluding hydrogens is 256 g/mol. The second-order valence-electron chi connectivity index (χ2n) is 5.32. The fourth-order valence-corrected chi connectivity index (χ4v) is 2.54. The summed E-state index contributed by atoms with van der Waals surface area (Å²) >= 11 is 5.04. The largest absolute Gasteiger partial charge is 0.392 e. The van der Waals surface area contributed by atoms with Crippen molar-refractivity contribution >= 4 is 23.1 Å². The van der Waals surface area contributed by atoms with Gasteiger partial charge in [0.2, 0.25) is 5.91 Å². The maximum Gasteiger partial charge on any atom is 0.234 e. The van der Waals surface area contributed by atoms with Gasteiger partial charge in [0.15, 0.2) is 0 Å². The lowest BCUT2D eigenvalue weighted by Crippen LogP contribution is -2.38. The van der Waals surface area contributed by atoms with Gasteiger partial charge >= 0.3 is 0 Å². The molecule has 1 aromatic rings. The third-order valence-corrected chi connectivity index (χ3v) is 4.26. The predicted molar refractivity (Wildman–Crippen MR) is 80.9 cm³/mol. The van der Waals surface area contributed by atoms with Crippen molar-refractivity contribution in [3.8, 4) is 0 Å². The average Bonchev–Trinajstić information content (AvgIpc) is 3.18. The van der Waals surface area contributed by atoms with E-state index in [1.807, 2.05) is 30.3 Å². The smallest absolute Gasteiger partial charge is 0.234 e. The van der Waals surface area contributed by atoms with E-state index in [1.165, 1.54) is 12.8 Å². The Bertz CT molecular complexity index is 468. The predicted octanol–water partition coefficient (Wildman–Crippen LogP) is 2.36. The van der Waals surface area contributed by atoms with E-state index in [0.717, 1.165) is 18.5 Å². The molecule has 102 valence electrons. The SMILES string of the molecule is CCC1(CNC(=O)C(C(N)=S)c2ccccc2)CC1. The van der Waals surface area contributed by atoms with E-state index >= 15 is 0 Å². The van der Waals surface area contributed by atoms with Gasteiger partial charge in [-0.15, -0.1) is 0 Å². The van der Waals surface area contributed by atoms with Crippen molar-refractivity contribution < 1.29 is 4.79 Å². The molecule has 1 unspecified atom stereocenters. The molecule has 1 aliphatic rings. The number of amides is 1. The van der Waals surface area contributed by atoms with Gasteiger partial charge in [0, 0.05) is 6.54 Å². The Morgan fingerprint density at radius 2 is 2.05 bits per heavy atom. The summed E-state index contributed by atoms with van der Waals surface area (Å²) in [7, 11) is 0. The van der Waals surface area contributed by atoms with E-state index < -0.39 is 5.92 Å². The number of rotatable bonds is 6. The molecule has 0 radical (unpaired) electrons. The fraction of sp³-hybridized carbons (Fsp3) is 0.467. The highest BCUT2D eigenvalue weighted by Gasteiger charge is 2.41. The van der Waals surface area contributed by atoms with E-state index in [9.17, 15) is 4.79 Å². The first-order valence-electron chi connectivity index (χ1n) is 6.70. The van der Waals surface area contributed by atoms with Gasteiger partial charge in [-0.2, -0.15) is 0 Å². The minimum absolute atomic E-state index is 0.0848. The maximum absolute atomic E-state index is 12.3. The van der Waals surface area contributed by atoms with Gasteiger partial charge in [-0.3, -0.25) is 4.79 Å². The van der Waals surface area contributed by atoms with Gasteiger partial charge in [-0.25, -0.2) is 0 Å². The van der Waals surface area contributed by atoms with E-state index in [-0.39, 0.29) is 10.9 Å². The molecule has 0 bridgehead atoms. The minimum Gasteiger partial charge on any atom is -0.392 e. The number of thiocarbonyl (C=S) groups is 1. The second kappa shape index (κ2) is 5.70. The molecular formula is C15H20N2OS. The number of hydrogen-bond acceptors (Lipinski definition) is 2. The van der Waals surface area contributed by atoms with Gasteiger partial charge in [-0.1, -0.05) is 49.5 Å². The summed E-state index contributed by atoms with van der Waals surface area (Å²) < 4.78 is 0. The number of nitrogens with one attached hydrogen (secondary N) is 1. The maximum atomic E-state index is 12.3. The molecule has 0 spiro atoms. The monoisotopic (exact) mass is 276 g/mol. The van der Waals surface area contributed by atoms with Crippen molar-refractivity contribution in [2.24, 2.45) is 11.1 Å². The van der Waals surface area contributed by atoms with Gasteiger partial charge < -0.3 is 11.1 Å². The third-order valence-electron chi connectivity index (χ3n) is 4.02. The topological polar surface area (TPSA) is 55.1 Å². The van der Waals surface area contributed by atoms with E-state index in [1.54, 1.807) is 0 Å². The van der Waals surface area contributed by atoms with Crippen LogP contribution in [-0.4, -0.2) is 17.4 Å². The molecule has 19 heavy (non-hydrogen) atoms. The van der Waals surface area contributed by atoms with Gasteiger partial charge in [0.05, 0.1) is 4.99 Å². The highest BCUT2D eigenvalue weighted by atomic mass is 32.1. The van der Waals surface area contributed by atoms with Gasteiger partial charge in [0.25, 0.3) is 0 Å². The van der Waals surface area contributed by atoms with Crippen molar-refractivity contribution in [2.45, 2.75) is 32.1 Å². The van der Waals surface area contributed by atoms with Gasteiger partial charge in [0.1, 0.15) is 5.92 Å². The Kier molecular flexibility index (Phi) is 4.20. The normalized spacial score (nSPS) is 17.5. The van der Waals surface area contributed by atoms with Crippen LogP contribution < -0.4 is 11.1 Å². The molecule has 1 aromatic carbocycles. The molecule has 1 atom stereocenters. The van der Waals surface area contributed by atoms with Crippen molar-refractivity contribution in [2.75, 3.05) is 6.54 Å². The summed E-state index contributed by atoms with van der Waals surface area (Å²) in [5.41, 5.74) is 6.91. The van der Waals surface area contributed by atoms with Crippen LogP contribution in [0.5, 0.6) is 0 Å². The summed E-state index contributed by atoms with van der Waals surface area (Å²) in [4.78, 5) is 12.5. The number of benzene rings is 1. The van der Waals surface area contributed by atoms with Crippen LogP contribution in [0.3, 0.4) is 0 Å². The van der Waals surface area contributed by atoms with Crippen LogP contribution in [0.4, 0.5) is 0 Å². The zero-order valence-corrected chi connectivity index (χ0v) is 12.0. The Morgan fingerprint density at radius 1 is 1.42 bits per heavy atom. The number of carbonyl (C=O) groups excluding carboxylic acids is 1. The van der Waals surface area contributed by atoms with Crippen LogP contribution in [0.1, 0.15) is 37.7 Å². The summed E-state index contributed by atoms with van der Waals surface area (Å²) in [5.74, 6) is -0.609. The molecule has 1 saturated carbocycles. The minimum atomic E-state index is -0.524. The molecule has 0 aliphatic heterocycles. The van der Waals surface area contributed by atoms with Crippen LogP contribution in [0.2, 0.25) is 0 Å². The number of carbonyl (C=O) groups is 1. The Hall–Kier alpha value is -1.42. The molecule has 0 saturated heterocycles. The summed E-state index contributed by atoms with van der Waals surface area (Å²) in [6, 6.07) is 9.46. The second-order valence-corrected chi connectivity index (χ2v) is 5.79. The first kappa shape index (κ1) is 14.0. The lowest BCUT2D eigenvalue weighted by molar-refractivity contribution is -0.121. The number of nitrogens with two attached hydrogens (primary N) is 1. The lowest BCUT2D eigenvalue weighted by atomic mass is 9.97. The summed E-state index contributed by atoms with van der Waals surface area (Å²) in [6.07, 6.45) is 3.51. The van der Waals surface area contributed by atoms with Crippen LogP contribution in [0.15, 0.2) is 30.3 Å². The Labute approximate surface area is 119 Å². The third kappa shape index (κ3) is 3.32. The van der Waals surface area contributed by atoms with Crippen molar-refractivity contribution in [1.29, 1.82) is 0 Å². The summed E-state index contributed by atoms with van der Waals surface area (Å²) in [5, 5.41) is 3.01. The highest BCUT2D eigenvalue weighted by Crippen LogP contribution is 2.47. The van der Waals surface area contributed by atoms with Crippen molar-refractivity contribution in [1.82, 2.24) is 5.32 Å². The zero-order valence-electron chi connectivity index (χ0n) is 11.2. The quantitative estimate of drug-likeness (QED) is 0.784. The standard InChI is InChI=1S/C15H20N2OS/c1-2-15(8-9-15)10-17-14(18)12(13(16)19)11-6-4-3-5-7-11/h3-7,12H,2,8-10H2,1H3,(H2,16,19)(H,17,18). The first-order chi connectivity index (χ1) is 9.08. The van der Waals surface area contributed by atoms with E-state index in [0.29, 0.717) is 5.41 Å². The van der Waals surface area contributed by atoms with Crippen LogP contribution in [0.25, 0.3) is 0 Å². The van der Waals surface area contributed by atoms with Gasteiger partial charge in [-0.05, 0) is 30.2 Å². The molecule has 0 aromatic heterocycles.